The second-order valence-corrected chi connectivity index (χ2v) is 8.50. The molecule has 0 saturated carbocycles. The van der Waals surface area contributed by atoms with Crippen molar-refractivity contribution in [2.24, 2.45) is 0 Å². The predicted molar refractivity (Wildman–Crippen MR) is 112 cm³/mol. The second-order valence-electron chi connectivity index (χ2n) is 6.63. The van der Waals surface area contributed by atoms with E-state index in [0.717, 1.165) is 5.56 Å². The Bertz CT molecular complexity index is 1160. The van der Waals surface area contributed by atoms with Gasteiger partial charge < -0.3 is 10.1 Å². The van der Waals surface area contributed by atoms with Crippen LogP contribution in [0.5, 0.6) is 5.75 Å². The number of para-hydroxylation sites is 3. The molecule has 0 bridgehead atoms. The zero-order chi connectivity index (χ0) is 20.4. The normalized spacial score (nSPS) is 13.1. The molecule has 0 spiro atoms. The largest absolute Gasteiger partial charge is 0.495 e. The molecule has 0 atom stereocenters. The summed E-state index contributed by atoms with van der Waals surface area (Å²) in [6, 6.07) is 20.5. The van der Waals surface area contributed by atoms with Gasteiger partial charge in [0.2, 0.25) is 0 Å². The molecule has 1 aliphatic rings. The van der Waals surface area contributed by atoms with Gasteiger partial charge in [0.25, 0.3) is 15.9 Å². The van der Waals surface area contributed by atoms with Gasteiger partial charge in [-0.25, -0.2) is 8.42 Å². The maximum Gasteiger partial charge on any atom is 0.264 e. The van der Waals surface area contributed by atoms with Crippen molar-refractivity contribution in [1.82, 2.24) is 0 Å². The minimum absolute atomic E-state index is 0.156. The third-order valence-electron chi connectivity index (χ3n) is 4.90. The smallest absolute Gasteiger partial charge is 0.264 e. The van der Waals surface area contributed by atoms with Crippen molar-refractivity contribution < 1.29 is 17.9 Å². The molecule has 0 radical (unpaired) electrons. The van der Waals surface area contributed by atoms with Crippen LogP contribution >= 0.6 is 0 Å². The van der Waals surface area contributed by atoms with E-state index >= 15 is 0 Å². The van der Waals surface area contributed by atoms with Crippen LogP contribution in [0.15, 0.2) is 77.7 Å². The lowest BCUT2D eigenvalue weighted by Gasteiger charge is -2.19. The Morgan fingerprint density at radius 1 is 0.966 bits per heavy atom. The molecule has 0 aromatic heterocycles. The van der Waals surface area contributed by atoms with Gasteiger partial charge in [-0.05, 0) is 54.4 Å². The zero-order valence-corrected chi connectivity index (χ0v) is 16.6. The molecule has 3 aromatic carbocycles. The van der Waals surface area contributed by atoms with Crippen molar-refractivity contribution in [1.29, 1.82) is 0 Å². The quantitative estimate of drug-likeness (QED) is 0.699. The van der Waals surface area contributed by atoms with Crippen LogP contribution in [0.1, 0.15) is 15.9 Å². The minimum Gasteiger partial charge on any atom is -0.495 e. The summed E-state index contributed by atoms with van der Waals surface area (Å²) in [5, 5.41) is 2.78. The summed E-state index contributed by atoms with van der Waals surface area (Å²) in [5.41, 5.74) is 2.64. The van der Waals surface area contributed by atoms with Gasteiger partial charge in [-0.15, -0.1) is 0 Å². The van der Waals surface area contributed by atoms with E-state index in [0.29, 0.717) is 35.7 Å². The highest BCUT2D eigenvalue weighted by Crippen LogP contribution is 2.32. The number of nitrogens with one attached hydrogen (secondary N) is 1. The first-order valence-corrected chi connectivity index (χ1v) is 10.6. The van der Waals surface area contributed by atoms with E-state index in [1.165, 1.54) is 35.7 Å². The van der Waals surface area contributed by atoms with Crippen LogP contribution in [-0.4, -0.2) is 28.0 Å². The summed E-state index contributed by atoms with van der Waals surface area (Å²) >= 11 is 0. The molecule has 6 nitrogen and oxygen atoms in total. The van der Waals surface area contributed by atoms with E-state index in [1.807, 2.05) is 30.3 Å². The van der Waals surface area contributed by atoms with Gasteiger partial charge in [0, 0.05) is 12.1 Å². The van der Waals surface area contributed by atoms with Crippen LogP contribution in [0.2, 0.25) is 0 Å². The van der Waals surface area contributed by atoms with E-state index in [4.69, 9.17) is 4.74 Å². The highest BCUT2D eigenvalue weighted by molar-refractivity contribution is 7.92. The average molecular weight is 408 g/mol. The summed E-state index contributed by atoms with van der Waals surface area (Å²) in [5.74, 6) is 0.206. The van der Waals surface area contributed by atoms with Crippen LogP contribution in [0.4, 0.5) is 11.4 Å². The third kappa shape index (κ3) is 3.56. The van der Waals surface area contributed by atoms with Gasteiger partial charge in [-0.3, -0.25) is 9.10 Å². The van der Waals surface area contributed by atoms with E-state index < -0.39 is 10.0 Å². The number of hydrogen-bond acceptors (Lipinski definition) is 4. The molecular weight excluding hydrogens is 388 g/mol. The van der Waals surface area contributed by atoms with Crippen LogP contribution in [0.25, 0.3) is 0 Å². The summed E-state index contributed by atoms with van der Waals surface area (Å²) < 4.78 is 32.8. The molecule has 0 fully saturated rings. The number of sulfonamides is 1. The fourth-order valence-electron chi connectivity index (χ4n) is 3.41. The Morgan fingerprint density at radius 3 is 2.41 bits per heavy atom. The van der Waals surface area contributed by atoms with Crippen LogP contribution < -0.4 is 14.4 Å². The molecule has 1 aliphatic heterocycles. The lowest BCUT2D eigenvalue weighted by Crippen LogP contribution is -2.29. The number of anilines is 2. The summed E-state index contributed by atoms with van der Waals surface area (Å²) in [6.45, 7) is 0.414. The Kier molecular flexibility index (Phi) is 4.98. The average Bonchev–Trinajstić information content (AvgIpc) is 3.19. The molecule has 4 rings (SSSR count). The van der Waals surface area contributed by atoms with Crippen LogP contribution in [0.3, 0.4) is 0 Å². The molecule has 3 aromatic rings. The number of methoxy groups -OCH3 is 1. The molecule has 1 heterocycles. The highest BCUT2D eigenvalue weighted by Gasteiger charge is 2.30. The van der Waals surface area contributed by atoms with Crippen molar-refractivity contribution in [2.45, 2.75) is 11.3 Å². The molecule has 0 unspecified atom stereocenters. The maximum absolute atomic E-state index is 13.1. The number of carbonyl (C=O) groups is 1. The van der Waals surface area contributed by atoms with Crippen molar-refractivity contribution in [3.63, 3.8) is 0 Å². The number of ether oxygens (including phenoxy) is 1. The molecule has 0 saturated heterocycles. The van der Waals surface area contributed by atoms with Crippen molar-refractivity contribution in [3.05, 3.63) is 83.9 Å². The molecule has 148 valence electrons. The van der Waals surface area contributed by atoms with Crippen LogP contribution in [-0.2, 0) is 16.4 Å². The van der Waals surface area contributed by atoms with Crippen molar-refractivity contribution in [2.75, 3.05) is 23.3 Å². The van der Waals surface area contributed by atoms with Gasteiger partial charge in [-0.2, -0.15) is 0 Å². The maximum atomic E-state index is 13.1. The van der Waals surface area contributed by atoms with Gasteiger partial charge in [0.05, 0.1) is 23.4 Å². The van der Waals surface area contributed by atoms with Crippen LogP contribution in [0, 0.1) is 0 Å². The van der Waals surface area contributed by atoms with Crippen molar-refractivity contribution in [3.8, 4) is 5.75 Å². The van der Waals surface area contributed by atoms with E-state index in [9.17, 15) is 13.2 Å². The number of hydrogen-bond donors (Lipinski definition) is 1. The van der Waals surface area contributed by atoms with E-state index in [-0.39, 0.29) is 10.8 Å². The fraction of sp³-hybridized carbons (Fsp3) is 0.136. The third-order valence-corrected chi connectivity index (χ3v) is 6.73. The lowest BCUT2D eigenvalue weighted by molar-refractivity contribution is 0.102. The second kappa shape index (κ2) is 7.60. The monoisotopic (exact) mass is 408 g/mol. The summed E-state index contributed by atoms with van der Waals surface area (Å²) in [4.78, 5) is 12.7. The molecule has 0 aliphatic carbocycles. The Morgan fingerprint density at radius 2 is 1.66 bits per heavy atom. The first kappa shape index (κ1) is 19.0. The minimum atomic E-state index is -3.68. The van der Waals surface area contributed by atoms with E-state index in [2.05, 4.69) is 5.32 Å². The molecule has 1 N–H and O–H groups in total. The van der Waals surface area contributed by atoms with Crippen molar-refractivity contribution >= 4 is 27.3 Å². The number of carbonyl (C=O) groups excluding carboxylic acids is 1. The Labute approximate surface area is 169 Å². The Hall–Kier alpha value is -3.32. The number of nitrogens with zero attached hydrogens (tertiary/aromatic N) is 1. The van der Waals surface area contributed by atoms with Gasteiger partial charge in [0.1, 0.15) is 5.75 Å². The summed E-state index contributed by atoms with van der Waals surface area (Å²) in [6.07, 6.45) is 0.689. The lowest BCUT2D eigenvalue weighted by atomic mass is 10.2. The van der Waals surface area contributed by atoms with Gasteiger partial charge in [0.15, 0.2) is 0 Å². The molecule has 1 amide bonds. The zero-order valence-electron chi connectivity index (χ0n) is 15.8. The highest BCUT2D eigenvalue weighted by atomic mass is 32.2. The Balaban J connectivity index is 1.56. The molecular formula is C22H20N2O4S. The molecule has 29 heavy (non-hydrogen) atoms. The number of benzene rings is 3. The number of rotatable bonds is 5. The molecule has 7 heteroatoms. The van der Waals surface area contributed by atoms with Gasteiger partial charge >= 0.3 is 0 Å². The first-order chi connectivity index (χ1) is 14.0. The standard InChI is InChI=1S/C22H20N2O4S/c1-28-21-9-5-3-7-19(21)23-22(25)17-10-12-18(13-11-17)29(26,27)24-15-14-16-6-2-4-8-20(16)24/h2-13H,14-15H2,1H3,(H,23,25). The van der Waals surface area contributed by atoms with E-state index in [1.54, 1.807) is 18.2 Å². The summed E-state index contributed by atoms with van der Waals surface area (Å²) in [7, 11) is -2.15. The fourth-order valence-corrected chi connectivity index (χ4v) is 4.91. The number of fused-ring (bicyclic) bond motifs is 1. The predicted octanol–water partition coefficient (Wildman–Crippen LogP) is 3.70. The van der Waals surface area contributed by atoms with Gasteiger partial charge in [-0.1, -0.05) is 30.3 Å². The topological polar surface area (TPSA) is 75.7 Å². The number of amides is 1. The SMILES string of the molecule is COc1ccccc1NC(=O)c1ccc(S(=O)(=O)N2CCc3ccccc32)cc1. The first-order valence-electron chi connectivity index (χ1n) is 9.16.